The maximum atomic E-state index is 12.6. The largest absolute Gasteiger partial charge is 0.478 e. The van der Waals surface area contributed by atoms with Gasteiger partial charge in [0.1, 0.15) is 10.0 Å². The summed E-state index contributed by atoms with van der Waals surface area (Å²) in [4.78, 5) is 21.2. The Morgan fingerprint density at radius 2 is 1.94 bits per heavy atom. The highest BCUT2D eigenvalue weighted by atomic mass is 79.9. The van der Waals surface area contributed by atoms with Crippen molar-refractivity contribution >= 4 is 65.7 Å². The average Bonchev–Trinajstić information content (AvgIpc) is 3.21. The molecule has 4 rings (SSSR count). The van der Waals surface area contributed by atoms with Crippen LogP contribution in [0.5, 0.6) is 0 Å². The van der Waals surface area contributed by atoms with Crippen LogP contribution in [0.2, 0.25) is 0 Å². The highest BCUT2D eigenvalue weighted by Gasteiger charge is 2.22. The van der Waals surface area contributed by atoms with Crippen LogP contribution in [0.3, 0.4) is 0 Å². The Balaban J connectivity index is 1.64. The molecule has 8 nitrogen and oxygen atoms in total. The molecule has 2 N–H and O–H groups in total. The van der Waals surface area contributed by atoms with Gasteiger partial charge in [0, 0.05) is 37.3 Å². The van der Waals surface area contributed by atoms with Crippen LogP contribution in [0.15, 0.2) is 44.4 Å². The van der Waals surface area contributed by atoms with Crippen molar-refractivity contribution in [1.29, 1.82) is 0 Å². The molecule has 32 heavy (non-hydrogen) atoms. The molecule has 0 saturated carbocycles. The van der Waals surface area contributed by atoms with Crippen molar-refractivity contribution in [3.8, 4) is 0 Å². The van der Waals surface area contributed by atoms with Gasteiger partial charge in [-0.2, -0.15) is 0 Å². The third kappa shape index (κ3) is 4.90. The van der Waals surface area contributed by atoms with E-state index in [9.17, 15) is 18.3 Å². The third-order valence-electron chi connectivity index (χ3n) is 5.33. The molecule has 3 heterocycles. The maximum Gasteiger partial charge on any atom is 0.336 e. The minimum absolute atomic E-state index is 0.0981. The Morgan fingerprint density at radius 3 is 2.56 bits per heavy atom. The number of pyridine rings is 1. The smallest absolute Gasteiger partial charge is 0.336 e. The van der Waals surface area contributed by atoms with Crippen LogP contribution in [-0.2, 0) is 10.0 Å². The van der Waals surface area contributed by atoms with E-state index in [1.165, 1.54) is 12.1 Å². The quantitative estimate of drug-likeness (QED) is 0.466. The SMILES string of the molecule is CCCN1CCN(c2cc(C(=O)O)c3cc(NS(=O)(=O)c4ccc(Br)s4)ccc3n2)CC1. The van der Waals surface area contributed by atoms with Gasteiger partial charge in [0.2, 0.25) is 0 Å². The van der Waals surface area contributed by atoms with E-state index in [-0.39, 0.29) is 15.5 Å². The molecule has 3 aromatic rings. The molecule has 11 heteroatoms. The number of hydrogen-bond donors (Lipinski definition) is 2. The van der Waals surface area contributed by atoms with Gasteiger partial charge in [0.05, 0.1) is 14.9 Å². The first kappa shape index (κ1) is 23.0. The molecule has 0 unspecified atom stereocenters. The fourth-order valence-corrected chi connectivity index (χ4v) is 6.84. The molecule has 1 saturated heterocycles. The lowest BCUT2D eigenvalue weighted by atomic mass is 10.1. The van der Waals surface area contributed by atoms with Gasteiger partial charge in [0.25, 0.3) is 10.0 Å². The van der Waals surface area contributed by atoms with Gasteiger partial charge in [-0.3, -0.25) is 9.62 Å². The van der Waals surface area contributed by atoms with Gasteiger partial charge in [-0.05, 0) is 65.3 Å². The summed E-state index contributed by atoms with van der Waals surface area (Å²) in [5, 5.41) is 10.2. The van der Waals surface area contributed by atoms with Crippen molar-refractivity contribution < 1.29 is 18.3 Å². The fraction of sp³-hybridized carbons (Fsp3) is 0.333. The van der Waals surface area contributed by atoms with E-state index in [2.05, 4.69) is 42.4 Å². The Kier molecular flexibility index (Phi) is 6.70. The Hall–Kier alpha value is -2.21. The van der Waals surface area contributed by atoms with Crippen LogP contribution >= 0.6 is 27.3 Å². The number of anilines is 2. The van der Waals surface area contributed by atoms with Gasteiger partial charge in [-0.15, -0.1) is 11.3 Å². The number of thiophene rings is 1. The van der Waals surface area contributed by atoms with E-state index in [4.69, 9.17) is 0 Å². The zero-order valence-corrected chi connectivity index (χ0v) is 20.6. The van der Waals surface area contributed by atoms with E-state index in [1.54, 1.807) is 24.3 Å². The van der Waals surface area contributed by atoms with Gasteiger partial charge in [-0.25, -0.2) is 18.2 Å². The number of aromatic nitrogens is 1. The summed E-state index contributed by atoms with van der Waals surface area (Å²) in [6, 6.07) is 9.53. The number of halogens is 1. The number of sulfonamides is 1. The van der Waals surface area contributed by atoms with Gasteiger partial charge >= 0.3 is 5.97 Å². The predicted octanol–water partition coefficient (Wildman–Crippen LogP) is 4.09. The molecule has 1 aliphatic rings. The van der Waals surface area contributed by atoms with Crippen molar-refractivity contribution in [3.63, 3.8) is 0 Å². The minimum Gasteiger partial charge on any atom is -0.478 e. The van der Waals surface area contributed by atoms with E-state index < -0.39 is 16.0 Å². The Bertz CT molecular complexity index is 1250. The lowest BCUT2D eigenvalue weighted by molar-refractivity contribution is 0.0699. The molecule has 0 aliphatic carbocycles. The van der Waals surface area contributed by atoms with Crippen LogP contribution in [-0.4, -0.2) is 62.1 Å². The number of benzene rings is 1. The molecule has 1 fully saturated rings. The van der Waals surface area contributed by atoms with E-state index in [0.29, 0.717) is 20.5 Å². The molecule has 0 spiro atoms. The van der Waals surface area contributed by atoms with Crippen LogP contribution in [0.4, 0.5) is 11.5 Å². The molecule has 0 bridgehead atoms. The maximum absolute atomic E-state index is 12.6. The Morgan fingerprint density at radius 1 is 1.19 bits per heavy atom. The van der Waals surface area contributed by atoms with Crippen LogP contribution in [0.1, 0.15) is 23.7 Å². The third-order valence-corrected chi connectivity index (χ3v) is 8.82. The fourth-order valence-electron chi connectivity index (χ4n) is 3.78. The van der Waals surface area contributed by atoms with Gasteiger partial charge < -0.3 is 10.0 Å². The lowest BCUT2D eigenvalue weighted by Crippen LogP contribution is -2.46. The lowest BCUT2D eigenvalue weighted by Gasteiger charge is -2.35. The molecular weight excluding hydrogens is 516 g/mol. The second-order valence-corrected chi connectivity index (χ2v) is 11.9. The second-order valence-electron chi connectivity index (χ2n) is 7.56. The number of nitrogens with zero attached hydrogens (tertiary/aromatic N) is 3. The van der Waals surface area contributed by atoms with Crippen LogP contribution in [0.25, 0.3) is 10.9 Å². The molecule has 0 amide bonds. The Labute approximate surface area is 199 Å². The number of carboxylic acids is 1. The average molecular weight is 539 g/mol. The van der Waals surface area contributed by atoms with Gasteiger partial charge in [0.15, 0.2) is 0 Å². The van der Waals surface area contributed by atoms with E-state index in [0.717, 1.165) is 50.5 Å². The first-order valence-electron chi connectivity index (χ1n) is 10.2. The summed E-state index contributed by atoms with van der Waals surface area (Å²) >= 11 is 4.36. The van der Waals surface area contributed by atoms with Crippen molar-refractivity contribution in [2.24, 2.45) is 0 Å². The van der Waals surface area contributed by atoms with Crippen molar-refractivity contribution in [2.75, 3.05) is 42.3 Å². The molecular formula is C21H23BrN4O4S2. The number of nitrogens with one attached hydrogen (secondary N) is 1. The number of fused-ring (bicyclic) bond motifs is 1. The summed E-state index contributed by atoms with van der Waals surface area (Å²) in [5.74, 6) is -0.451. The molecule has 0 radical (unpaired) electrons. The number of hydrogen-bond acceptors (Lipinski definition) is 7. The van der Waals surface area contributed by atoms with Crippen LogP contribution in [0, 0.1) is 0 Å². The molecule has 2 aromatic heterocycles. The molecule has 1 aliphatic heterocycles. The van der Waals surface area contributed by atoms with Crippen molar-refractivity contribution in [3.05, 3.63) is 45.7 Å². The first-order chi connectivity index (χ1) is 15.3. The van der Waals surface area contributed by atoms with Gasteiger partial charge in [-0.1, -0.05) is 6.92 Å². The highest BCUT2D eigenvalue weighted by molar-refractivity contribution is 9.11. The number of rotatable bonds is 7. The summed E-state index contributed by atoms with van der Waals surface area (Å²) in [5.41, 5.74) is 0.894. The van der Waals surface area contributed by atoms with Crippen molar-refractivity contribution in [1.82, 2.24) is 9.88 Å². The summed E-state index contributed by atoms with van der Waals surface area (Å²) < 4.78 is 28.7. The monoisotopic (exact) mass is 538 g/mol. The molecule has 0 atom stereocenters. The van der Waals surface area contributed by atoms with E-state index >= 15 is 0 Å². The number of carbonyl (C=O) groups is 1. The molecule has 170 valence electrons. The highest BCUT2D eigenvalue weighted by Crippen LogP contribution is 2.30. The zero-order chi connectivity index (χ0) is 22.9. The standard InChI is InChI=1S/C21H23BrN4O4S2/c1-2-7-25-8-10-26(11-9-25)19-13-16(21(27)28)15-12-14(3-4-17(15)23-19)24-32(29,30)20-6-5-18(22)31-20/h3-6,12-13,24H,2,7-11H2,1H3,(H,27,28). The summed E-state index contributed by atoms with van der Waals surface area (Å²) in [6.07, 6.45) is 1.10. The topological polar surface area (TPSA) is 103 Å². The zero-order valence-electron chi connectivity index (χ0n) is 17.4. The normalized spacial score (nSPS) is 15.2. The number of carboxylic acid groups (broad SMARTS) is 1. The first-order valence-corrected chi connectivity index (χ1v) is 13.3. The van der Waals surface area contributed by atoms with E-state index in [1.807, 2.05) is 0 Å². The predicted molar refractivity (Wildman–Crippen MR) is 130 cm³/mol. The van der Waals surface area contributed by atoms with Crippen LogP contribution < -0.4 is 9.62 Å². The minimum atomic E-state index is -3.77. The summed E-state index contributed by atoms with van der Waals surface area (Å²) in [6.45, 7) is 6.60. The number of piperazine rings is 1. The second kappa shape index (κ2) is 9.34. The van der Waals surface area contributed by atoms with Crippen molar-refractivity contribution in [2.45, 2.75) is 17.6 Å². The molecule has 1 aromatic carbocycles. The number of aromatic carboxylic acids is 1. The summed E-state index contributed by atoms with van der Waals surface area (Å²) in [7, 11) is -3.77.